The van der Waals surface area contributed by atoms with E-state index in [1.54, 1.807) is 12.1 Å². The first-order chi connectivity index (χ1) is 10.1. The lowest BCUT2D eigenvalue weighted by Gasteiger charge is -2.25. The van der Waals surface area contributed by atoms with Crippen LogP contribution in [0.25, 0.3) is 0 Å². The van der Waals surface area contributed by atoms with Crippen LogP contribution < -0.4 is 10.6 Å². The van der Waals surface area contributed by atoms with Crippen LogP contribution in [0, 0.1) is 0 Å². The number of hydrogen-bond donors (Lipinski definition) is 3. The molecule has 1 unspecified atom stereocenters. The molecule has 21 heavy (non-hydrogen) atoms. The number of nitrogens with one attached hydrogen (secondary N) is 2. The van der Waals surface area contributed by atoms with E-state index < -0.39 is 11.1 Å². The van der Waals surface area contributed by atoms with Crippen molar-refractivity contribution in [2.75, 3.05) is 11.2 Å². The first-order valence-electron chi connectivity index (χ1n) is 6.98. The van der Waals surface area contributed by atoms with Crippen LogP contribution in [0.1, 0.15) is 42.5 Å². The van der Waals surface area contributed by atoms with Gasteiger partial charge in [0.2, 0.25) is 0 Å². The largest absolute Gasteiger partial charge is 0.382 e. The summed E-state index contributed by atoms with van der Waals surface area (Å²) in [6.45, 7) is 0. The number of rotatable bonds is 5. The Morgan fingerprint density at radius 3 is 2.71 bits per heavy atom. The molecular weight excluding hydrogens is 356 g/mol. The average molecular weight is 375 g/mol. The van der Waals surface area contributed by atoms with Crippen LogP contribution in [-0.4, -0.2) is 26.6 Å². The summed E-state index contributed by atoms with van der Waals surface area (Å²) in [7, 11) is 0. The van der Waals surface area contributed by atoms with Crippen LogP contribution in [0.2, 0.25) is 0 Å². The third kappa shape index (κ3) is 5.09. The number of anilines is 1. The fourth-order valence-corrected chi connectivity index (χ4v) is 3.14. The minimum absolute atomic E-state index is 0.266. The van der Waals surface area contributed by atoms with E-state index in [9.17, 15) is 9.00 Å². The highest BCUT2D eigenvalue weighted by molar-refractivity contribution is 9.10. The van der Waals surface area contributed by atoms with Gasteiger partial charge in [-0.15, -0.1) is 0 Å². The van der Waals surface area contributed by atoms with Crippen molar-refractivity contribution in [1.29, 1.82) is 0 Å². The van der Waals surface area contributed by atoms with Crippen molar-refractivity contribution in [2.24, 2.45) is 0 Å². The number of benzene rings is 1. The molecule has 1 aromatic rings. The Morgan fingerprint density at radius 2 is 2.05 bits per heavy atom. The van der Waals surface area contributed by atoms with Gasteiger partial charge in [-0.05, 0) is 31.0 Å². The molecule has 0 aromatic heterocycles. The lowest BCUT2D eigenvalue weighted by molar-refractivity contribution is 0.0960. The Balaban J connectivity index is 2.12. The number of halogens is 1. The summed E-state index contributed by atoms with van der Waals surface area (Å²) in [5, 5.41) is 5.88. The zero-order chi connectivity index (χ0) is 15.2. The molecule has 1 aliphatic rings. The topological polar surface area (TPSA) is 78.4 Å². The maximum absolute atomic E-state index is 12.1. The van der Waals surface area contributed by atoms with Gasteiger partial charge in [-0.3, -0.25) is 4.79 Å². The normalized spacial score (nSPS) is 17.2. The van der Waals surface area contributed by atoms with Gasteiger partial charge in [0.05, 0.1) is 5.56 Å². The van der Waals surface area contributed by atoms with Crippen LogP contribution in [0.4, 0.5) is 5.69 Å². The molecule has 0 radical (unpaired) electrons. The predicted molar refractivity (Wildman–Crippen MR) is 87.7 cm³/mol. The summed E-state index contributed by atoms with van der Waals surface area (Å²) >= 11 is 1.37. The second-order valence-electron chi connectivity index (χ2n) is 5.14. The van der Waals surface area contributed by atoms with E-state index in [1.165, 1.54) is 19.3 Å². The molecule has 0 heterocycles. The molecule has 2 rings (SSSR count). The molecular formula is C14H19BrN2O3S. The van der Waals surface area contributed by atoms with Crippen molar-refractivity contribution < 1.29 is 13.6 Å². The fourth-order valence-electron chi connectivity index (χ4n) is 2.52. The van der Waals surface area contributed by atoms with E-state index in [0.29, 0.717) is 11.6 Å². The molecule has 0 bridgehead atoms. The lowest BCUT2D eigenvalue weighted by Crippen LogP contribution is -2.29. The highest BCUT2D eigenvalue weighted by Gasteiger charge is 2.17. The van der Waals surface area contributed by atoms with Gasteiger partial charge in [-0.1, -0.05) is 35.2 Å². The maximum atomic E-state index is 12.1. The van der Waals surface area contributed by atoms with Crippen molar-refractivity contribution in [3.63, 3.8) is 0 Å². The molecule has 116 valence electrons. The molecule has 1 fully saturated rings. The first kappa shape index (κ1) is 16.5. The SMILES string of the molecule is O=C(NCS(=O)O)c1ccc(Br)cc1NC1CCCCC1. The average Bonchev–Trinajstić information content (AvgIpc) is 2.46. The van der Waals surface area contributed by atoms with Crippen molar-refractivity contribution in [1.82, 2.24) is 5.32 Å². The molecule has 1 aliphatic carbocycles. The quantitative estimate of drug-likeness (QED) is 0.691. The van der Waals surface area contributed by atoms with Gasteiger partial charge in [0, 0.05) is 16.2 Å². The van der Waals surface area contributed by atoms with E-state index in [4.69, 9.17) is 4.55 Å². The summed E-state index contributed by atoms with van der Waals surface area (Å²) < 4.78 is 20.3. The van der Waals surface area contributed by atoms with Gasteiger partial charge >= 0.3 is 0 Å². The minimum Gasteiger partial charge on any atom is -0.382 e. The highest BCUT2D eigenvalue weighted by atomic mass is 79.9. The maximum Gasteiger partial charge on any atom is 0.254 e. The van der Waals surface area contributed by atoms with Gasteiger partial charge in [0.25, 0.3) is 5.91 Å². The van der Waals surface area contributed by atoms with Crippen molar-refractivity contribution >= 4 is 38.6 Å². The van der Waals surface area contributed by atoms with E-state index in [2.05, 4.69) is 26.6 Å². The summed E-state index contributed by atoms with van der Waals surface area (Å²) in [5.41, 5.74) is 1.26. The molecule has 0 spiro atoms. The zero-order valence-electron chi connectivity index (χ0n) is 11.6. The summed E-state index contributed by atoms with van der Waals surface area (Å²) in [6.07, 6.45) is 5.89. The van der Waals surface area contributed by atoms with Crippen molar-refractivity contribution in [3.8, 4) is 0 Å². The molecule has 1 saturated carbocycles. The third-order valence-corrected chi connectivity index (χ3v) is 4.43. The van der Waals surface area contributed by atoms with Crippen molar-refractivity contribution in [2.45, 2.75) is 38.1 Å². The van der Waals surface area contributed by atoms with E-state index >= 15 is 0 Å². The molecule has 5 nitrogen and oxygen atoms in total. The predicted octanol–water partition coefficient (Wildman–Crippen LogP) is 3.10. The van der Waals surface area contributed by atoms with Gasteiger partial charge in [-0.2, -0.15) is 0 Å². The Kier molecular flexibility index (Phi) is 6.20. The second kappa shape index (κ2) is 7.91. The third-order valence-electron chi connectivity index (χ3n) is 3.55. The van der Waals surface area contributed by atoms with Crippen LogP contribution in [0.15, 0.2) is 22.7 Å². The van der Waals surface area contributed by atoms with Gasteiger partial charge in [0.1, 0.15) is 5.88 Å². The molecule has 0 aliphatic heterocycles. The molecule has 1 atom stereocenters. The first-order valence-corrected chi connectivity index (χ1v) is 9.05. The van der Waals surface area contributed by atoms with Gasteiger partial charge in [0.15, 0.2) is 11.1 Å². The zero-order valence-corrected chi connectivity index (χ0v) is 14.0. The van der Waals surface area contributed by atoms with Gasteiger partial charge < -0.3 is 15.2 Å². The smallest absolute Gasteiger partial charge is 0.254 e. The fraction of sp³-hybridized carbons (Fsp3) is 0.500. The molecule has 1 amide bonds. The highest BCUT2D eigenvalue weighted by Crippen LogP contribution is 2.26. The Morgan fingerprint density at radius 1 is 1.33 bits per heavy atom. The molecule has 3 N–H and O–H groups in total. The van der Waals surface area contributed by atoms with Crippen molar-refractivity contribution in [3.05, 3.63) is 28.2 Å². The Labute approximate surface area is 135 Å². The summed E-state index contributed by atoms with van der Waals surface area (Å²) in [6, 6.07) is 5.76. The number of carbonyl (C=O) groups is 1. The summed E-state index contributed by atoms with van der Waals surface area (Å²) in [4.78, 5) is 12.1. The summed E-state index contributed by atoms with van der Waals surface area (Å²) in [5.74, 6) is -0.610. The molecule has 1 aromatic carbocycles. The van der Waals surface area contributed by atoms with E-state index in [1.807, 2.05) is 6.07 Å². The minimum atomic E-state index is -2.04. The Bertz CT molecular complexity index is 533. The van der Waals surface area contributed by atoms with Crippen LogP contribution >= 0.6 is 15.9 Å². The molecule has 7 heteroatoms. The second-order valence-corrected chi connectivity index (χ2v) is 6.99. The van der Waals surface area contributed by atoms with Crippen LogP contribution in [0.3, 0.4) is 0 Å². The van der Waals surface area contributed by atoms with Crippen LogP contribution in [-0.2, 0) is 11.1 Å². The van der Waals surface area contributed by atoms with E-state index in [-0.39, 0.29) is 11.8 Å². The monoisotopic (exact) mass is 374 g/mol. The van der Waals surface area contributed by atoms with Crippen LogP contribution in [0.5, 0.6) is 0 Å². The van der Waals surface area contributed by atoms with E-state index in [0.717, 1.165) is 23.0 Å². The standard InChI is InChI=1S/C14H19BrN2O3S/c15-10-6-7-12(14(18)16-9-21(19)20)13(8-10)17-11-4-2-1-3-5-11/h6-8,11,17H,1-5,9H2,(H,16,18)(H,19,20). The lowest BCUT2D eigenvalue weighted by atomic mass is 9.95. The Hall–Kier alpha value is -0.920. The number of carbonyl (C=O) groups excluding carboxylic acids is 1. The van der Waals surface area contributed by atoms with Gasteiger partial charge in [-0.25, -0.2) is 4.21 Å². The number of hydrogen-bond acceptors (Lipinski definition) is 3. The molecule has 0 saturated heterocycles. The number of amides is 1.